The van der Waals surface area contributed by atoms with Gasteiger partial charge in [-0.25, -0.2) is 0 Å². The van der Waals surface area contributed by atoms with Crippen molar-refractivity contribution in [3.63, 3.8) is 0 Å². The monoisotopic (exact) mass is 374 g/mol. The summed E-state index contributed by atoms with van der Waals surface area (Å²) in [6.45, 7) is 2.25. The highest BCUT2D eigenvalue weighted by Gasteiger charge is 2.41. The zero-order valence-electron chi connectivity index (χ0n) is 16.1. The van der Waals surface area contributed by atoms with Gasteiger partial charge in [-0.2, -0.15) is 5.26 Å². The van der Waals surface area contributed by atoms with Crippen molar-refractivity contribution in [3.05, 3.63) is 71.3 Å². The summed E-state index contributed by atoms with van der Waals surface area (Å²) < 4.78 is 6.26. The van der Waals surface area contributed by atoms with Gasteiger partial charge in [0, 0.05) is 25.3 Å². The van der Waals surface area contributed by atoms with E-state index in [1.165, 1.54) is 5.56 Å². The normalized spacial score (nSPS) is 21.2. The Morgan fingerprint density at radius 1 is 1.14 bits per heavy atom. The fourth-order valence-electron chi connectivity index (χ4n) is 4.62. The molecule has 2 aliphatic heterocycles. The van der Waals surface area contributed by atoms with Gasteiger partial charge >= 0.3 is 0 Å². The fraction of sp³-hybridized carbons (Fsp3) is 0.417. The molecular formula is C24H26N2O2. The molecule has 0 aliphatic carbocycles. The molecule has 2 aromatic carbocycles. The number of benzene rings is 2. The Morgan fingerprint density at radius 2 is 1.93 bits per heavy atom. The first-order valence-electron chi connectivity index (χ1n) is 10.1. The first kappa shape index (κ1) is 18.7. The molecule has 1 unspecified atom stereocenters. The Morgan fingerprint density at radius 3 is 2.68 bits per heavy atom. The minimum atomic E-state index is -0.0804. The molecule has 0 radical (unpaired) electrons. The molecule has 0 N–H and O–H groups in total. The van der Waals surface area contributed by atoms with E-state index < -0.39 is 0 Å². The van der Waals surface area contributed by atoms with Crippen molar-refractivity contribution in [2.45, 2.75) is 37.7 Å². The van der Waals surface area contributed by atoms with Crippen LogP contribution in [0.1, 0.15) is 47.2 Å². The molecule has 2 fully saturated rings. The van der Waals surface area contributed by atoms with Crippen LogP contribution in [-0.4, -0.2) is 36.1 Å². The Hall–Kier alpha value is -2.64. The number of piperidine rings is 1. The molecule has 0 aromatic heterocycles. The van der Waals surface area contributed by atoms with Crippen molar-refractivity contribution in [2.75, 3.05) is 19.7 Å². The quantitative estimate of drug-likeness (QED) is 0.809. The molecule has 2 saturated heterocycles. The number of likely N-dealkylation sites (tertiary alicyclic amines) is 1. The molecule has 2 heterocycles. The van der Waals surface area contributed by atoms with Crippen LogP contribution in [0, 0.1) is 17.2 Å². The second kappa shape index (κ2) is 8.16. The Balaban J connectivity index is 1.37. The van der Waals surface area contributed by atoms with Gasteiger partial charge in [0.05, 0.1) is 17.2 Å². The first-order valence-corrected chi connectivity index (χ1v) is 10.1. The molecule has 4 heteroatoms. The van der Waals surface area contributed by atoms with Gasteiger partial charge in [0.25, 0.3) is 5.91 Å². The highest BCUT2D eigenvalue weighted by atomic mass is 16.5. The topological polar surface area (TPSA) is 53.3 Å². The van der Waals surface area contributed by atoms with Crippen molar-refractivity contribution >= 4 is 5.91 Å². The summed E-state index contributed by atoms with van der Waals surface area (Å²) in [4.78, 5) is 14.7. The van der Waals surface area contributed by atoms with Crippen molar-refractivity contribution in [3.8, 4) is 6.07 Å². The number of rotatable bonds is 3. The van der Waals surface area contributed by atoms with Crippen LogP contribution < -0.4 is 0 Å². The van der Waals surface area contributed by atoms with Gasteiger partial charge < -0.3 is 9.64 Å². The molecule has 0 saturated carbocycles. The van der Waals surface area contributed by atoms with Gasteiger partial charge in [-0.15, -0.1) is 0 Å². The van der Waals surface area contributed by atoms with E-state index in [0.29, 0.717) is 30.1 Å². The van der Waals surface area contributed by atoms with E-state index >= 15 is 0 Å². The Labute approximate surface area is 166 Å². The summed E-state index contributed by atoms with van der Waals surface area (Å²) in [6, 6.07) is 19.8. The predicted octanol–water partition coefficient (Wildman–Crippen LogP) is 4.20. The standard InChI is InChI=1S/C24H26N2O2/c25-18-21-7-4-8-22(16-21)23(27)26-12-10-24(11-13-26)17-20(9-14-28-24)15-19-5-2-1-3-6-19/h1-8,16,20H,9-15,17H2. The van der Waals surface area contributed by atoms with Gasteiger partial charge in [-0.3, -0.25) is 4.79 Å². The van der Waals surface area contributed by atoms with Crippen molar-refractivity contribution < 1.29 is 9.53 Å². The molecule has 2 aromatic rings. The summed E-state index contributed by atoms with van der Waals surface area (Å²) in [5, 5.41) is 9.06. The number of amides is 1. The van der Waals surface area contributed by atoms with Crippen LogP contribution in [-0.2, 0) is 11.2 Å². The third-order valence-corrected chi connectivity index (χ3v) is 6.16. The minimum Gasteiger partial charge on any atom is -0.375 e. The maximum absolute atomic E-state index is 12.8. The summed E-state index contributed by atoms with van der Waals surface area (Å²) in [5.41, 5.74) is 2.44. The maximum Gasteiger partial charge on any atom is 0.253 e. The molecule has 144 valence electrons. The lowest BCUT2D eigenvalue weighted by Gasteiger charge is -2.46. The number of carbonyl (C=O) groups excluding carboxylic acids is 1. The van der Waals surface area contributed by atoms with E-state index in [2.05, 4.69) is 36.4 Å². The molecule has 28 heavy (non-hydrogen) atoms. The summed E-state index contributed by atoms with van der Waals surface area (Å²) in [6.07, 6.45) is 5.08. The average Bonchev–Trinajstić information content (AvgIpc) is 2.75. The van der Waals surface area contributed by atoms with Crippen molar-refractivity contribution in [2.24, 2.45) is 5.92 Å². The molecule has 1 amide bonds. The van der Waals surface area contributed by atoms with Crippen molar-refractivity contribution in [1.29, 1.82) is 5.26 Å². The summed E-state index contributed by atoms with van der Waals surface area (Å²) >= 11 is 0. The van der Waals surface area contributed by atoms with Crippen molar-refractivity contribution in [1.82, 2.24) is 4.90 Å². The number of ether oxygens (including phenoxy) is 1. The zero-order chi connectivity index (χ0) is 19.4. The molecule has 4 nitrogen and oxygen atoms in total. The Bertz CT molecular complexity index is 864. The lowest BCUT2D eigenvalue weighted by molar-refractivity contribution is -0.123. The smallest absolute Gasteiger partial charge is 0.253 e. The second-order valence-corrected chi connectivity index (χ2v) is 8.06. The SMILES string of the molecule is N#Cc1cccc(C(=O)N2CCC3(CC2)CC(Cc2ccccc2)CCO3)c1. The number of hydrogen-bond donors (Lipinski definition) is 0. The minimum absolute atomic E-state index is 0.0172. The number of nitrogens with zero attached hydrogens (tertiary/aromatic N) is 2. The molecule has 2 aliphatic rings. The molecule has 4 rings (SSSR count). The van der Waals surface area contributed by atoms with Gasteiger partial charge in [-0.1, -0.05) is 36.4 Å². The second-order valence-electron chi connectivity index (χ2n) is 8.06. The highest BCUT2D eigenvalue weighted by molar-refractivity contribution is 5.94. The van der Waals surface area contributed by atoms with Gasteiger partial charge in [0.2, 0.25) is 0 Å². The number of carbonyl (C=O) groups is 1. The highest BCUT2D eigenvalue weighted by Crippen LogP contribution is 2.39. The summed E-state index contributed by atoms with van der Waals surface area (Å²) in [5.74, 6) is 0.661. The third-order valence-electron chi connectivity index (χ3n) is 6.16. The van der Waals surface area contributed by atoms with E-state index in [-0.39, 0.29) is 11.5 Å². The average molecular weight is 374 g/mol. The number of hydrogen-bond acceptors (Lipinski definition) is 3. The molecule has 0 bridgehead atoms. The van der Waals surface area contributed by atoms with Crippen LogP contribution in [0.4, 0.5) is 0 Å². The van der Waals surface area contributed by atoms with Crippen LogP contribution in [0.5, 0.6) is 0 Å². The first-order chi connectivity index (χ1) is 13.7. The van der Waals surface area contributed by atoms with E-state index in [0.717, 1.165) is 38.7 Å². The van der Waals surface area contributed by atoms with E-state index in [9.17, 15) is 4.79 Å². The van der Waals surface area contributed by atoms with Gasteiger partial charge in [0.15, 0.2) is 0 Å². The van der Waals surface area contributed by atoms with E-state index in [1.54, 1.807) is 24.3 Å². The molecule has 1 atom stereocenters. The Kier molecular flexibility index (Phi) is 5.45. The summed E-state index contributed by atoms with van der Waals surface area (Å²) in [7, 11) is 0. The van der Waals surface area contributed by atoms with Crippen LogP contribution in [0.15, 0.2) is 54.6 Å². The maximum atomic E-state index is 12.8. The van der Waals surface area contributed by atoms with Gasteiger partial charge in [-0.05, 0) is 61.8 Å². The lowest BCUT2D eigenvalue weighted by atomic mass is 9.77. The lowest BCUT2D eigenvalue weighted by Crippen LogP contribution is -2.51. The third kappa shape index (κ3) is 4.10. The molecular weight excluding hydrogens is 348 g/mol. The number of nitriles is 1. The zero-order valence-corrected chi connectivity index (χ0v) is 16.1. The van der Waals surface area contributed by atoms with E-state index in [4.69, 9.17) is 10.00 Å². The van der Waals surface area contributed by atoms with Crippen LogP contribution in [0.25, 0.3) is 0 Å². The van der Waals surface area contributed by atoms with Crippen LogP contribution >= 0.6 is 0 Å². The van der Waals surface area contributed by atoms with E-state index in [1.807, 2.05) is 4.90 Å². The molecule has 1 spiro atoms. The predicted molar refractivity (Wildman–Crippen MR) is 108 cm³/mol. The van der Waals surface area contributed by atoms with Gasteiger partial charge in [0.1, 0.15) is 0 Å². The fourth-order valence-corrected chi connectivity index (χ4v) is 4.62. The van der Waals surface area contributed by atoms with Crippen LogP contribution in [0.2, 0.25) is 0 Å². The van der Waals surface area contributed by atoms with Crippen LogP contribution in [0.3, 0.4) is 0 Å². The largest absolute Gasteiger partial charge is 0.375 e.